The van der Waals surface area contributed by atoms with E-state index in [0.29, 0.717) is 17.9 Å². The summed E-state index contributed by atoms with van der Waals surface area (Å²) in [5.41, 5.74) is 3.69. The summed E-state index contributed by atoms with van der Waals surface area (Å²) in [4.78, 5) is 0. The summed E-state index contributed by atoms with van der Waals surface area (Å²) in [5.74, 6) is -2.71. The van der Waals surface area contributed by atoms with Crippen LogP contribution in [0.15, 0.2) is 42.5 Å². The van der Waals surface area contributed by atoms with E-state index >= 15 is 0 Å². The molecule has 1 saturated heterocycles. The Balaban J connectivity index is 1.64. The average Bonchev–Trinajstić information content (AvgIpc) is 3.55. The highest BCUT2D eigenvalue weighted by Crippen LogP contribution is 2.44. The van der Waals surface area contributed by atoms with Crippen LogP contribution in [-0.4, -0.2) is 46.8 Å². The molecule has 0 radical (unpaired) electrons. The third-order valence-corrected chi connectivity index (χ3v) is 5.70. The summed E-state index contributed by atoms with van der Waals surface area (Å²) in [6.07, 6.45) is -5.18. The molecule has 0 bridgehead atoms. The third-order valence-electron chi connectivity index (χ3n) is 5.70. The van der Waals surface area contributed by atoms with Gasteiger partial charge in [-0.15, -0.1) is 0 Å². The van der Waals surface area contributed by atoms with E-state index in [1.807, 2.05) is 36.4 Å². The first-order chi connectivity index (χ1) is 13.8. The minimum Gasteiger partial charge on any atom is -0.497 e. The zero-order valence-electron chi connectivity index (χ0n) is 16.0. The Morgan fingerprint density at radius 1 is 1.07 bits per heavy atom. The van der Waals surface area contributed by atoms with Crippen molar-refractivity contribution in [3.8, 4) is 5.75 Å². The Morgan fingerprint density at radius 3 is 2.38 bits per heavy atom. The van der Waals surface area contributed by atoms with Gasteiger partial charge in [0.05, 0.1) is 7.11 Å². The van der Waals surface area contributed by atoms with Crippen LogP contribution in [0.4, 0.5) is 8.78 Å². The van der Waals surface area contributed by atoms with Crippen molar-refractivity contribution < 1.29 is 33.6 Å². The van der Waals surface area contributed by atoms with Crippen molar-refractivity contribution in [3.05, 3.63) is 64.7 Å². The van der Waals surface area contributed by atoms with Crippen molar-refractivity contribution >= 4 is 0 Å². The lowest BCUT2D eigenvalue weighted by molar-refractivity contribution is -0.345. The molecule has 2 aromatic rings. The van der Waals surface area contributed by atoms with Gasteiger partial charge in [-0.05, 0) is 59.6 Å². The predicted molar refractivity (Wildman–Crippen MR) is 101 cm³/mol. The van der Waals surface area contributed by atoms with Gasteiger partial charge in [-0.25, -0.2) is 0 Å². The Hall–Kier alpha value is -2.06. The first-order valence-corrected chi connectivity index (χ1v) is 9.64. The second-order valence-corrected chi connectivity index (χ2v) is 7.78. The van der Waals surface area contributed by atoms with Crippen LogP contribution in [0.2, 0.25) is 0 Å². The highest BCUT2D eigenvalue weighted by molar-refractivity contribution is 5.42. The number of benzene rings is 2. The van der Waals surface area contributed by atoms with Crippen molar-refractivity contribution in [1.29, 1.82) is 0 Å². The number of aliphatic hydroxyl groups is 3. The number of alkyl halides is 2. The van der Waals surface area contributed by atoms with Gasteiger partial charge < -0.3 is 24.8 Å². The lowest BCUT2D eigenvalue weighted by atomic mass is 9.89. The molecule has 1 aliphatic carbocycles. The molecule has 4 atom stereocenters. The van der Waals surface area contributed by atoms with Crippen molar-refractivity contribution in [1.82, 2.24) is 0 Å². The summed E-state index contributed by atoms with van der Waals surface area (Å²) < 4.78 is 37.7. The monoisotopic (exact) mass is 406 g/mol. The number of hydrogen-bond acceptors (Lipinski definition) is 5. The predicted octanol–water partition coefficient (Wildman–Crippen LogP) is 2.91. The van der Waals surface area contributed by atoms with Crippen LogP contribution in [0, 0.1) is 0 Å². The van der Waals surface area contributed by atoms with Crippen molar-refractivity contribution in [2.75, 3.05) is 7.11 Å². The van der Waals surface area contributed by atoms with E-state index in [2.05, 4.69) is 0 Å². The van der Waals surface area contributed by atoms with Gasteiger partial charge in [0.2, 0.25) is 6.29 Å². The number of aliphatic hydroxyl groups excluding tert-OH is 3. The summed E-state index contributed by atoms with van der Waals surface area (Å²) in [6.45, 7) is 0. The largest absolute Gasteiger partial charge is 0.497 e. The molecular formula is C22H24F2O5. The van der Waals surface area contributed by atoms with Crippen molar-refractivity contribution in [2.24, 2.45) is 0 Å². The standard InChI is InChI=1S/C22H24F2O5/c1-28-16-7-2-12(3-8-16)10-15-11-14(6-9-17(15)13-4-5-13)19-18(25)20(26)22(23,24)21(27)29-19/h2-3,6-9,11,13,18-21,25-27H,4-5,10H2,1H3/t18-,19-,20+,21-/m0/s1. The summed E-state index contributed by atoms with van der Waals surface area (Å²) in [6, 6.07) is 13.1. The van der Waals surface area contributed by atoms with Gasteiger partial charge in [-0.1, -0.05) is 30.3 Å². The molecule has 2 aromatic carbocycles. The van der Waals surface area contributed by atoms with Gasteiger partial charge >= 0.3 is 5.92 Å². The maximum Gasteiger partial charge on any atom is 0.325 e. The fourth-order valence-corrected chi connectivity index (χ4v) is 3.84. The van der Waals surface area contributed by atoms with Crippen molar-refractivity contribution in [3.63, 3.8) is 0 Å². The highest BCUT2D eigenvalue weighted by Gasteiger charge is 2.57. The zero-order chi connectivity index (χ0) is 20.8. The van der Waals surface area contributed by atoms with Crippen LogP contribution in [0.1, 0.15) is 47.1 Å². The lowest BCUT2D eigenvalue weighted by Crippen LogP contribution is -2.58. The Kier molecular flexibility index (Phi) is 5.33. The molecule has 7 heteroatoms. The van der Waals surface area contributed by atoms with Crippen molar-refractivity contribution in [2.45, 2.75) is 55.7 Å². The van der Waals surface area contributed by atoms with Crippen LogP contribution in [0.3, 0.4) is 0 Å². The minimum atomic E-state index is -3.93. The summed E-state index contributed by atoms with van der Waals surface area (Å²) in [5, 5.41) is 29.6. The number of ether oxygens (including phenoxy) is 2. The van der Waals surface area contributed by atoms with Crippen LogP contribution >= 0.6 is 0 Å². The van der Waals surface area contributed by atoms with Gasteiger partial charge in [-0.3, -0.25) is 0 Å². The molecule has 4 rings (SSSR count). The molecule has 2 fully saturated rings. The van der Waals surface area contributed by atoms with E-state index in [1.165, 1.54) is 5.56 Å². The smallest absolute Gasteiger partial charge is 0.325 e. The van der Waals surface area contributed by atoms with Crippen LogP contribution in [0.5, 0.6) is 5.75 Å². The Bertz CT molecular complexity index is 866. The molecule has 1 saturated carbocycles. The number of halogens is 2. The van der Waals surface area contributed by atoms with Crippen LogP contribution < -0.4 is 4.74 Å². The van der Waals surface area contributed by atoms with Gasteiger partial charge in [0.1, 0.15) is 18.0 Å². The quantitative estimate of drug-likeness (QED) is 0.712. The molecule has 0 amide bonds. The molecule has 0 aromatic heterocycles. The van der Waals surface area contributed by atoms with E-state index in [0.717, 1.165) is 29.7 Å². The molecule has 156 valence electrons. The fourth-order valence-electron chi connectivity index (χ4n) is 3.84. The minimum absolute atomic E-state index is 0.444. The maximum atomic E-state index is 13.7. The van der Waals surface area contributed by atoms with E-state index in [-0.39, 0.29) is 0 Å². The molecule has 0 unspecified atom stereocenters. The molecule has 1 heterocycles. The number of methoxy groups -OCH3 is 1. The van der Waals surface area contributed by atoms with E-state index < -0.39 is 30.5 Å². The molecule has 5 nitrogen and oxygen atoms in total. The van der Waals surface area contributed by atoms with Gasteiger partial charge in [-0.2, -0.15) is 8.78 Å². The van der Waals surface area contributed by atoms with E-state index in [1.54, 1.807) is 13.2 Å². The molecule has 2 aliphatic rings. The summed E-state index contributed by atoms with van der Waals surface area (Å²) in [7, 11) is 1.60. The average molecular weight is 406 g/mol. The highest BCUT2D eigenvalue weighted by atomic mass is 19.3. The molecule has 1 aliphatic heterocycles. The number of rotatable bonds is 5. The molecule has 29 heavy (non-hydrogen) atoms. The third kappa shape index (κ3) is 3.88. The first kappa shape index (κ1) is 20.2. The van der Waals surface area contributed by atoms with Gasteiger partial charge in [0, 0.05) is 0 Å². The van der Waals surface area contributed by atoms with E-state index in [4.69, 9.17) is 9.47 Å². The maximum absolute atomic E-state index is 13.7. The van der Waals surface area contributed by atoms with E-state index in [9.17, 15) is 24.1 Å². The normalized spacial score (nSPS) is 28.9. The van der Waals surface area contributed by atoms with Crippen LogP contribution in [0.25, 0.3) is 0 Å². The second-order valence-electron chi connectivity index (χ2n) is 7.78. The topological polar surface area (TPSA) is 79.2 Å². The Labute approximate surface area is 167 Å². The lowest BCUT2D eigenvalue weighted by Gasteiger charge is -2.40. The fraction of sp³-hybridized carbons (Fsp3) is 0.455. The van der Waals surface area contributed by atoms with Crippen LogP contribution in [-0.2, 0) is 11.2 Å². The molecular weight excluding hydrogens is 382 g/mol. The molecule has 3 N–H and O–H groups in total. The Morgan fingerprint density at radius 2 is 1.76 bits per heavy atom. The van der Waals surface area contributed by atoms with Gasteiger partial charge in [0.15, 0.2) is 6.10 Å². The first-order valence-electron chi connectivity index (χ1n) is 9.64. The SMILES string of the molecule is COc1ccc(Cc2cc([C@@H]3O[C@H](O)C(F)(F)[C@H](O)[C@H]3O)ccc2C2CC2)cc1. The number of hydrogen-bond donors (Lipinski definition) is 3. The zero-order valence-corrected chi connectivity index (χ0v) is 16.0. The molecule has 0 spiro atoms. The second kappa shape index (κ2) is 7.65. The summed E-state index contributed by atoms with van der Waals surface area (Å²) >= 11 is 0. The van der Waals surface area contributed by atoms with Gasteiger partial charge in [0.25, 0.3) is 0 Å².